The normalized spacial score (nSPS) is 13.2. The van der Waals surface area contributed by atoms with Gasteiger partial charge in [0.05, 0.1) is 16.8 Å². The van der Waals surface area contributed by atoms with Gasteiger partial charge in [0, 0.05) is 13.1 Å². The molecule has 17 heavy (non-hydrogen) atoms. The van der Waals surface area contributed by atoms with E-state index >= 15 is 0 Å². The number of anilines is 1. The number of esters is 2. The molecule has 0 saturated heterocycles. The fourth-order valence-electron chi connectivity index (χ4n) is 1.93. The molecule has 0 atom stereocenters. The van der Waals surface area contributed by atoms with Crippen molar-refractivity contribution in [2.45, 2.75) is 6.92 Å². The summed E-state index contributed by atoms with van der Waals surface area (Å²) >= 11 is 0. The number of carbonyl (C=O) groups is 2. The number of carbonyl (C=O) groups excluding carboxylic acids is 2. The van der Waals surface area contributed by atoms with Crippen LogP contribution >= 0.6 is 0 Å². The Bertz CT molecular complexity index is 493. The van der Waals surface area contributed by atoms with Crippen LogP contribution in [0.15, 0.2) is 30.9 Å². The van der Waals surface area contributed by atoms with Gasteiger partial charge in [0.15, 0.2) is 0 Å². The predicted molar refractivity (Wildman–Crippen MR) is 64.3 cm³/mol. The van der Waals surface area contributed by atoms with E-state index in [1.165, 1.54) is 0 Å². The minimum absolute atomic E-state index is 0.343. The van der Waals surface area contributed by atoms with Crippen LogP contribution in [0.4, 0.5) is 5.69 Å². The number of likely N-dealkylation sites (N-methyl/N-ethyl adjacent to an activating group) is 1. The molecule has 1 aromatic rings. The molecule has 4 nitrogen and oxygen atoms in total. The van der Waals surface area contributed by atoms with E-state index in [0.29, 0.717) is 17.7 Å². The Balaban J connectivity index is 2.52. The lowest BCUT2D eigenvalue weighted by molar-refractivity contribution is 0.0444. The largest absolute Gasteiger partial charge is 0.386 e. The molecule has 0 unspecified atom stereocenters. The van der Waals surface area contributed by atoms with Crippen LogP contribution in [0.25, 0.3) is 0 Å². The summed E-state index contributed by atoms with van der Waals surface area (Å²) in [5.74, 6) is -1.13. The monoisotopic (exact) mass is 231 g/mol. The van der Waals surface area contributed by atoms with Crippen molar-refractivity contribution in [3.8, 4) is 0 Å². The molecule has 0 aromatic heterocycles. The third-order valence-electron chi connectivity index (χ3n) is 2.72. The van der Waals surface area contributed by atoms with Gasteiger partial charge in [-0.3, -0.25) is 0 Å². The molecule has 0 bridgehead atoms. The molecule has 88 valence electrons. The van der Waals surface area contributed by atoms with Crippen molar-refractivity contribution in [1.82, 2.24) is 0 Å². The average Bonchev–Trinajstić information content (AvgIpc) is 2.62. The van der Waals surface area contributed by atoms with E-state index in [1.807, 2.05) is 17.9 Å². The fraction of sp³-hybridized carbons (Fsp3) is 0.231. The third kappa shape index (κ3) is 1.82. The Hall–Kier alpha value is -2.10. The first kappa shape index (κ1) is 11.4. The van der Waals surface area contributed by atoms with Crippen molar-refractivity contribution >= 4 is 17.6 Å². The van der Waals surface area contributed by atoms with Gasteiger partial charge >= 0.3 is 11.9 Å². The minimum Gasteiger partial charge on any atom is -0.386 e. The van der Waals surface area contributed by atoms with Crippen LogP contribution in [0.1, 0.15) is 27.6 Å². The molecule has 4 heteroatoms. The van der Waals surface area contributed by atoms with Crippen molar-refractivity contribution in [1.29, 1.82) is 0 Å². The lowest BCUT2D eigenvalue weighted by atomic mass is 10.1. The van der Waals surface area contributed by atoms with Crippen LogP contribution in [0.2, 0.25) is 0 Å². The zero-order valence-corrected chi connectivity index (χ0v) is 9.60. The molecule has 0 saturated carbocycles. The number of benzene rings is 1. The number of nitrogens with zero attached hydrogens (tertiary/aromatic N) is 1. The molecule has 1 aliphatic heterocycles. The van der Waals surface area contributed by atoms with E-state index in [4.69, 9.17) is 0 Å². The first-order valence-corrected chi connectivity index (χ1v) is 5.44. The predicted octanol–water partition coefficient (Wildman–Crippen LogP) is 2.01. The van der Waals surface area contributed by atoms with Crippen molar-refractivity contribution in [3.05, 3.63) is 42.0 Å². The molecule has 0 N–H and O–H groups in total. The van der Waals surface area contributed by atoms with Gasteiger partial charge in [-0.05, 0) is 19.1 Å². The van der Waals surface area contributed by atoms with Crippen LogP contribution < -0.4 is 4.90 Å². The Labute approximate surface area is 99.5 Å². The highest BCUT2D eigenvalue weighted by Gasteiger charge is 2.33. The van der Waals surface area contributed by atoms with E-state index in [1.54, 1.807) is 18.2 Å². The van der Waals surface area contributed by atoms with Crippen LogP contribution in [-0.4, -0.2) is 25.0 Å². The van der Waals surface area contributed by atoms with Crippen molar-refractivity contribution in [2.24, 2.45) is 0 Å². The maximum absolute atomic E-state index is 11.6. The molecular weight excluding hydrogens is 218 g/mol. The van der Waals surface area contributed by atoms with Gasteiger partial charge in [0.2, 0.25) is 0 Å². The molecule has 1 aromatic carbocycles. The maximum Gasteiger partial charge on any atom is 0.349 e. The zero-order chi connectivity index (χ0) is 12.4. The fourth-order valence-corrected chi connectivity index (χ4v) is 1.93. The molecule has 0 spiro atoms. The summed E-state index contributed by atoms with van der Waals surface area (Å²) in [6.07, 6.45) is 1.75. The van der Waals surface area contributed by atoms with Crippen LogP contribution in [-0.2, 0) is 4.74 Å². The van der Waals surface area contributed by atoms with Gasteiger partial charge in [-0.25, -0.2) is 9.59 Å². The minimum atomic E-state index is -0.568. The Kier molecular flexibility index (Phi) is 2.95. The van der Waals surface area contributed by atoms with Crippen molar-refractivity contribution < 1.29 is 14.3 Å². The van der Waals surface area contributed by atoms with E-state index in [0.717, 1.165) is 12.2 Å². The summed E-state index contributed by atoms with van der Waals surface area (Å²) in [6, 6.07) is 5.17. The first-order chi connectivity index (χ1) is 8.19. The molecular formula is C13H13NO3. The molecule has 0 fully saturated rings. The van der Waals surface area contributed by atoms with E-state index < -0.39 is 11.9 Å². The Morgan fingerprint density at radius 3 is 2.76 bits per heavy atom. The number of ether oxygens (including phenoxy) is 1. The topological polar surface area (TPSA) is 46.6 Å². The van der Waals surface area contributed by atoms with E-state index in [9.17, 15) is 9.59 Å². The van der Waals surface area contributed by atoms with Gasteiger partial charge in [0.1, 0.15) is 0 Å². The number of rotatable bonds is 4. The highest BCUT2D eigenvalue weighted by molar-refractivity contribution is 6.17. The molecule has 1 aliphatic rings. The van der Waals surface area contributed by atoms with Gasteiger partial charge in [-0.15, -0.1) is 6.58 Å². The van der Waals surface area contributed by atoms with E-state index in [-0.39, 0.29) is 0 Å². The molecule has 0 radical (unpaired) electrons. The van der Waals surface area contributed by atoms with Crippen LogP contribution in [0, 0.1) is 0 Å². The van der Waals surface area contributed by atoms with Crippen LogP contribution in [0.3, 0.4) is 0 Å². The Morgan fingerprint density at radius 1 is 1.35 bits per heavy atom. The van der Waals surface area contributed by atoms with Gasteiger partial charge in [-0.1, -0.05) is 12.1 Å². The lowest BCUT2D eigenvalue weighted by Gasteiger charge is -2.22. The maximum atomic E-state index is 11.6. The summed E-state index contributed by atoms with van der Waals surface area (Å²) in [5.41, 5.74) is 1.43. The second kappa shape index (κ2) is 4.41. The smallest absolute Gasteiger partial charge is 0.349 e. The molecule has 0 aliphatic carbocycles. The molecule has 1 heterocycles. The van der Waals surface area contributed by atoms with Gasteiger partial charge < -0.3 is 9.64 Å². The number of fused-ring (bicyclic) bond motifs is 1. The summed E-state index contributed by atoms with van der Waals surface area (Å²) in [5, 5.41) is 0. The average molecular weight is 231 g/mol. The standard InChI is InChI=1S/C13H13NO3/c1-3-8-14(4-2)10-7-5-6-9-11(10)13(16)17-12(9)15/h3,5-7H,1,4,8H2,2H3. The second-order valence-electron chi connectivity index (χ2n) is 3.70. The highest BCUT2D eigenvalue weighted by atomic mass is 16.6. The summed E-state index contributed by atoms with van der Waals surface area (Å²) in [6.45, 7) is 7.00. The SMILES string of the molecule is C=CCN(CC)c1cccc2c1C(=O)OC2=O. The second-order valence-corrected chi connectivity index (χ2v) is 3.70. The summed E-state index contributed by atoms with van der Waals surface area (Å²) < 4.78 is 4.61. The summed E-state index contributed by atoms with van der Waals surface area (Å²) in [7, 11) is 0. The number of cyclic esters (lactones) is 2. The molecule has 0 amide bonds. The highest BCUT2D eigenvalue weighted by Crippen LogP contribution is 2.29. The third-order valence-corrected chi connectivity index (χ3v) is 2.72. The van der Waals surface area contributed by atoms with E-state index in [2.05, 4.69) is 11.3 Å². The zero-order valence-electron chi connectivity index (χ0n) is 9.60. The summed E-state index contributed by atoms with van der Waals surface area (Å²) in [4.78, 5) is 25.0. The number of hydrogen-bond donors (Lipinski definition) is 0. The van der Waals surface area contributed by atoms with Gasteiger partial charge in [-0.2, -0.15) is 0 Å². The van der Waals surface area contributed by atoms with Crippen molar-refractivity contribution in [2.75, 3.05) is 18.0 Å². The van der Waals surface area contributed by atoms with Crippen molar-refractivity contribution in [3.63, 3.8) is 0 Å². The number of hydrogen-bond acceptors (Lipinski definition) is 4. The lowest BCUT2D eigenvalue weighted by Crippen LogP contribution is -2.24. The molecule has 2 rings (SSSR count). The first-order valence-electron chi connectivity index (χ1n) is 5.44. The van der Waals surface area contributed by atoms with Crippen LogP contribution in [0.5, 0.6) is 0 Å². The van der Waals surface area contributed by atoms with Gasteiger partial charge in [0.25, 0.3) is 0 Å². The Morgan fingerprint density at radius 2 is 2.12 bits per heavy atom. The quantitative estimate of drug-likeness (QED) is 0.452.